The van der Waals surface area contributed by atoms with E-state index in [0.29, 0.717) is 17.1 Å². The summed E-state index contributed by atoms with van der Waals surface area (Å²) in [6.45, 7) is 0. The number of carbonyl (C=O) groups is 1. The fraction of sp³-hybridized carbons (Fsp3) is 0.750. The first-order valence-electron chi connectivity index (χ1n) is 7.29. The van der Waals surface area contributed by atoms with E-state index in [-0.39, 0.29) is 29.5 Å². The summed E-state index contributed by atoms with van der Waals surface area (Å²) in [5.74, 6) is 0.456. The summed E-state index contributed by atoms with van der Waals surface area (Å²) in [6, 6.07) is 0.240. The zero-order chi connectivity index (χ0) is 15.7. The highest BCUT2D eigenvalue weighted by Crippen LogP contribution is 2.33. The summed E-state index contributed by atoms with van der Waals surface area (Å²) in [4.78, 5) is 12.3. The number of hydrogen-bond acceptors (Lipinski definition) is 7. The molecule has 0 bridgehead atoms. The summed E-state index contributed by atoms with van der Waals surface area (Å²) in [7, 11) is -3.39. The number of halogens is 1. The van der Waals surface area contributed by atoms with Crippen LogP contribution in [0, 0.1) is 5.92 Å². The maximum absolute atomic E-state index is 12.3. The maximum Gasteiger partial charge on any atom is 0.243 e. The number of sulfonamides is 1. The average Bonchev–Trinajstić information content (AvgIpc) is 3.03. The topological polar surface area (TPSA) is 113 Å². The van der Waals surface area contributed by atoms with E-state index in [2.05, 4.69) is 25.6 Å². The summed E-state index contributed by atoms with van der Waals surface area (Å²) in [5.41, 5.74) is 0. The Kier molecular flexibility index (Phi) is 5.82. The first-order valence-corrected chi connectivity index (χ1v) is 10.00. The van der Waals surface area contributed by atoms with E-state index in [1.807, 2.05) is 0 Å². The molecule has 1 aliphatic carbocycles. The zero-order valence-electron chi connectivity index (χ0n) is 12.6. The number of hydrogen-bond donors (Lipinski definition) is 3. The van der Waals surface area contributed by atoms with Gasteiger partial charge in [-0.2, -0.15) is 0 Å². The van der Waals surface area contributed by atoms with E-state index < -0.39 is 10.0 Å². The molecule has 1 amide bonds. The van der Waals surface area contributed by atoms with E-state index >= 15 is 0 Å². The van der Waals surface area contributed by atoms with Gasteiger partial charge in [0, 0.05) is 6.04 Å². The third-order valence-corrected chi connectivity index (χ3v) is 5.55. The van der Waals surface area contributed by atoms with Gasteiger partial charge in [-0.3, -0.25) is 14.8 Å². The van der Waals surface area contributed by atoms with E-state index in [9.17, 15) is 13.2 Å². The highest BCUT2D eigenvalue weighted by molar-refractivity contribution is 7.92. The first kappa shape index (κ1) is 18.4. The molecular weight excluding hydrogens is 362 g/mol. The predicted molar refractivity (Wildman–Crippen MR) is 91.5 cm³/mol. The Bertz CT molecular complexity index is 651. The fourth-order valence-corrected chi connectivity index (χ4v) is 4.66. The minimum Gasteiger partial charge on any atom is -0.303 e. The largest absolute Gasteiger partial charge is 0.303 e. The van der Waals surface area contributed by atoms with Gasteiger partial charge in [0.25, 0.3) is 0 Å². The van der Waals surface area contributed by atoms with Crippen molar-refractivity contribution in [3.8, 4) is 0 Å². The van der Waals surface area contributed by atoms with Crippen LogP contribution >= 0.6 is 23.7 Å². The molecule has 3 atom stereocenters. The highest BCUT2D eigenvalue weighted by atomic mass is 35.5. The highest BCUT2D eigenvalue weighted by Gasteiger charge is 2.38. The van der Waals surface area contributed by atoms with Crippen LogP contribution in [-0.4, -0.2) is 42.9 Å². The molecule has 0 radical (unpaired) electrons. The van der Waals surface area contributed by atoms with Gasteiger partial charge in [-0.25, -0.2) is 8.42 Å². The van der Waals surface area contributed by atoms with Crippen LogP contribution in [-0.2, 0) is 14.8 Å². The molecule has 23 heavy (non-hydrogen) atoms. The van der Waals surface area contributed by atoms with Crippen LogP contribution in [0.3, 0.4) is 0 Å². The van der Waals surface area contributed by atoms with Gasteiger partial charge in [0.2, 0.25) is 26.2 Å². The molecule has 0 aromatic carbocycles. The standard InChI is InChI=1S/C12H19N5O3S2.ClH/c1-22(19,20)17-12-16-15-11(21-12)14-10(18)9-6-7-4-2-3-5-8(7)13-9;/h7-9,13H,2-6H2,1H3,(H,16,17)(H,14,15,18);1H. The lowest BCUT2D eigenvalue weighted by Crippen LogP contribution is -2.39. The van der Waals surface area contributed by atoms with Gasteiger partial charge in [-0.1, -0.05) is 24.2 Å². The second kappa shape index (κ2) is 7.29. The number of fused-ring (bicyclic) bond motifs is 1. The van der Waals surface area contributed by atoms with Crippen molar-refractivity contribution in [2.45, 2.75) is 44.2 Å². The van der Waals surface area contributed by atoms with Gasteiger partial charge in [-0.15, -0.1) is 22.6 Å². The minimum absolute atomic E-state index is 0. The third kappa shape index (κ3) is 4.75. The molecule has 3 N–H and O–H groups in total. The fourth-order valence-electron chi connectivity index (χ4n) is 3.19. The quantitative estimate of drug-likeness (QED) is 0.722. The SMILES string of the molecule is CS(=O)(=O)Nc1nnc(NC(=O)C2CC3CCCCC3N2)s1.Cl. The van der Waals surface area contributed by atoms with Crippen LogP contribution in [0.25, 0.3) is 0 Å². The zero-order valence-corrected chi connectivity index (χ0v) is 15.1. The van der Waals surface area contributed by atoms with Crippen molar-refractivity contribution in [2.24, 2.45) is 5.92 Å². The van der Waals surface area contributed by atoms with E-state index in [1.165, 1.54) is 19.3 Å². The van der Waals surface area contributed by atoms with Crippen molar-refractivity contribution in [1.82, 2.24) is 15.5 Å². The van der Waals surface area contributed by atoms with Crippen LogP contribution in [0.1, 0.15) is 32.1 Å². The molecule has 3 rings (SSSR count). The average molecular weight is 382 g/mol. The Labute approximate surface area is 145 Å². The third-order valence-electron chi connectivity index (χ3n) is 4.11. The summed E-state index contributed by atoms with van der Waals surface area (Å²) in [5, 5.41) is 14.0. The maximum atomic E-state index is 12.3. The Morgan fingerprint density at radius 3 is 2.65 bits per heavy atom. The molecule has 8 nitrogen and oxygen atoms in total. The predicted octanol–water partition coefficient (Wildman–Crippen LogP) is 1.19. The number of nitrogens with one attached hydrogen (secondary N) is 3. The molecule has 1 aliphatic heterocycles. The van der Waals surface area contributed by atoms with E-state index in [1.54, 1.807) is 0 Å². The molecule has 1 aromatic heterocycles. The Balaban J connectivity index is 0.00000192. The molecule has 1 saturated heterocycles. The Morgan fingerprint density at radius 1 is 1.26 bits per heavy atom. The van der Waals surface area contributed by atoms with Gasteiger partial charge in [0.05, 0.1) is 12.3 Å². The van der Waals surface area contributed by atoms with Crippen molar-refractivity contribution in [3.63, 3.8) is 0 Å². The van der Waals surface area contributed by atoms with Gasteiger partial charge in [0.1, 0.15) is 0 Å². The lowest BCUT2D eigenvalue weighted by atomic mass is 9.85. The lowest BCUT2D eigenvalue weighted by Gasteiger charge is -2.24. The van der Waals surface area contributed by atoms with Crippen LogP contribution in [0.2, 0.25) is 0 Å². The lowest BCUT2D eigenvalue weighted by molar-refractivity contribution is -0.117. The normalized spacial score (nSPS) is 26.9. The van der Waals surface area contributed by atoms with Crippen LogP contribution in [0.5, 0.6) is 0 Å². The second-order valence-electron chi connectivity index (χ2n) is 5.88. The molecule has 2 heterocycles. The van der Waals surface area contributed by atoms with Crippen LogP contribution < -0.4 is 15.4 Å². The molecular formula is C12H20ClN5O3S2. The first-order chi connectivity index (χ1) is 10.4. The minimum atomic E-state index is -3.39. The van der Waals surface area contributed by atoms with Crippen LogP contribution in [0.15, 0.2) is 0 Å². The monoisotopic (exact) mass is 381 g/mol. The number of rotatable bonds is 4. The second-order valence-corrected chi connectivity index (χ2v) is 8.61. The molecule has 11 heteroatoms. The number of anilines is 2. The number of nitrogens with zero attached hydrogens (tertiary/aromatic N) is 2. The summed E-state index contributed by atoms with van der Waals surface area (Å²) < 4.78 is 24.5. The molecule has 130 valence electrons. The van der Waals surface area contributed by atoms with Crippen LogP contribution in [0.4, 0.5) is 10.3 Å². The van der Waals surface area contributed by atoms with Crippen molar-refractivity contribution in [1.29, 1.82) is 0 Å². The molecule has 2 fully saturated rings. The van der Waals surface area contributed by atoms with Gasteiger partial charge in [-0.05, 0) is 25.2 Å². The van der Waals surface area contributed by atoms with E-state index in [0.717, 1.165) is 30.4 Å². The number of carbonyl (C=O) groups excluding carboxylic acids is 1. The van der Waals surface area contributed by atoms with Crippen molar-refractivity contribution >= 4 is 49.9 Å². The van der Waals surface area contributed by atoms with Crippen molar-refractivity contribution < 1.29 is 13.2 Å². The molecule has 2 aliphatic rings. The van der Waals surface area contributed by atoms with Gasteiger partial charge < -0.3 is 5.32 Å². The molecule has 0 spiro atoms. The van der Waals surface area contributed by atoms with E-state index in [4.69, 9.17) is 0 Å². The summed E-state index contributed by atoms with van der Waals surface area (Å²) >= 11 is 1.00. The number of amides is 1. The molecule has 1 saturated carbocycles. The summed E-state index contributed by atoms with van der Waals surface area (Å²) in [6.07, 6.45) is 6.67. The van der Waals surface area contributed by atoms with Gasteiger partial charge in [0.15, 0.2) is 0 Å². The Morgan fingerprint density at radius 2 is 1.96 bits per heavy atom. The van der Waals surface area contributed by atoms with Gasteiger partial charge >= 0.3 is 0 Å². The molecule has 1 aromatic rings. The Hall–Kier alpha value is -0.970. The smallest absolute Gasteiger partial charge is 0.243 e. The van der Waals surface area contributed by atoms with Crippen molar-refractivity contribution in [3.05, 3.63) is 0 Å². The molecule has 3 unspecified atom stereocenters. The van der Waals surface area contributed by atoms with Crippen molar-refractivity contribution in [2.75, 3.05) is 16.3 Å². The number of aromatic nitrogens is 2.